The maximum Gasteiger partial charge on any atom is 0.213 e. The number of aromatic nitrogens is 1. The molecule has 202 valence electrons. The van der Waals surface area contributed by atoms with Crippen molar-refractivity contribution >= 4 is 10.8 Å². The van der Waals surface area contributed by atoms with Gasteiger partial charge in [0.15, 0.2) is 6.20 Å². The van der Waals surface area contributed by atoms with Crippen molar-refractivity contribution in [2.24, 2.45) is 18.9 Å². The zero-order valence-electron chi connectivity index (χ0n) is 24.5. The van der Waals surface area contributed by atoms with E-state index in [0.29, 0.717) is 5.92 Å². The third-order valence-electron chi connectivity index (χ3n) is 10.1. The summed E-state index contributed by atoms with van der Waals surface area (Å²) in [5, 5.41) is 2.74. The molecular formula is C38H46N+. The molecule has 2 aliphatic rings. The Bertz CT molecular complexity index is 1450. The molecule has 0 aliphatic heterocycles. The first-order valence-electron chi connectivity index (χ1n) is 15.6. The van der Waals surface area contributed by atoms with Crippen LogP contribution < -0.4 is 4.57 Å². The molecule has 3 aromatic carbocycles. The number of aryl methyl sites for hydroxylation is 2. The number of fused-ring (bicyclic) bond motifs is 1. The Balaban J connectivity index is 1.28. The van der Waals surface area contributed by atoms with Crippen LogP contribution in [0.2, 0.25) is 0 Å². The van der Waals surface area contributed by atoms with Gasteiger partial charge in [-0.15, -0.1) is 0 Å². The average molecular weight is 517 g/mol. The number of benzene rings is 3. The molecule has 1 heterocycles. The van der Waals surface area contributed by atoms with E-state index in [1.165, 1.54) is 102 Å². The summed E-state index contributed by atoms with van der Waals surface area (Å²) in [6.45, 7) is 6.83. The van der Waals surface area contributed by atoms with Crippen LogP contribution in [0.15, 0.2) is 72.9 Å². The van der Waals surface area contributed by atoms with Crippen LogP contribution in [0.4, 0.5) is 0 Å². The van der Waals surface area contributed by atoms with E-state index in [9.17, 15) is 0 Å². The molecule has 1 nitrogen and oxygen atoms in total. The van der Waals surface area contributed by atoms with E-state index in [1.54, 1.807) is 5.56 Å². The standard InChI is InChI=1S/C38H46N/c1-26(2)37-25-39(4)38(35-13-9-8-10-27(35)3)24-36(37)34-21-20-32-22-31(18-19-33(32)23-34)30-16-14-29(15-17-30)28-11-6-5-7-12-28/h8-10,13,18-26,28-30H,5-7,11-12,14-17H2,1-4H3/q+1. The summed E-state index contributed by atoms with van der Waals surface area (Å²) >= 11 is 0. The van der Waals surface area contributed by atoms with Gasteiger partial charge in [-0.2, -0.15) is 0 Å². The van der Waals surface area contributed by atoms with E-state index in [-0.39, 0.29) is 0 Å². The summed E-state index contributed by atoms with van der Waals surface area (Å²) in [6, 6.07) is 25.6. The molecule has 4 aromatic rings. The second kappa shape index (κ2) is 11.3. The largest absolute Gasteiger partial charge is 0.213 e. The van der Waals surface area contributed by atoms with Crippen LogP contribution in [-0.2, 0) is 7.05 Å². The monoisotopic (exact) mass is 516 g/mol. The summed E-state index contributed by atoms with van der Waals surface area (Å²) in [4.78, 5) is 0. The summed E-state index contributed by atoms with van der Waals surface area (Å²) in [5.41, 5.74) is 9.53. The zero-order valence-corrected chi connectivity index (χ0v) is 24.5. The van der Waals surface area contributed by atoms with Crippen molar-refractivity contribution in [1.29, 1.82) is 0 Å². The first-order chi connectivity index (χ1) is 19.0. The molecule has 0 atom stereocenters. The van der Waals surface area contributed by atoms with Gasteiger partial charge in [0.25, 0.3) is 0 Å². The SMILES string of the molecule is Cc1ccccc1-c1cc(-c2ccc3cc(C4CCC(C5CCCCC5)CC4)ccc3c2)c(C(C)C)c[n+]1C. The number of hydrogen-bond donors (Lipinski definition) is 0. The molecule has 2 fully saturated rings. The van der Waals surface area contributed by atoms with Crippen molar-refractivity contribution in [3.05, 3.63) is 89.6 Å². The lowest BCUT2D eigenvalue weighted by molar-refractivity contribution is -0.660. The van der Waals surface area contributed by atoms with Gasteiger partial charge in [0, 0.05) is 17.2 Å². The van der Waals surface area contributed by atoms with Gasteiger partial charge in [0.2, 0.25) is 5.69 Å². The lowest BCUT2D eigenvalue weighted by Crippen LogP contribution is -2.32. The molecule has 2 aliphatic carbocycles. The predicted molar refractivity (Wildman–Crippen MR) is 166 cm³/mol. The highest BCUT2D eigenvalue weighted by molar-refractivity contribution is 5.89. The smallest absolute Gasteiger partial charge is 0.201 e. The highest BCUT2D eigenvalue weighted by atomic mass is 14.9. The Morgan fingerprint density at radius 1 is 0.692 bits per heavy atom. The second-order valence-corrected chi connectivity index (χ2v) is 12.9. The minimum Gasteiger partial charge on any atom is -0.201 e. The third kappa shape index (κ3) is 5.43. The van der Waals surface area contributed by atoms with Gasteiger partial charge in [-0.1, -0.05) is 94.5 Å². The fraction of sp³-hybridized carbons (Fsp3) is 0.447. The van der Waals surface area contributed by atoms with E-state index < -0.39 is 0 Å². The molecule has 0 radical (unpaired) electrons. The van der Waals surface area contributed by atoms with Crippen molar-refractivity contribution < 1.29 is 4.57 Å². The predicted octanol–water partition coefficient (Wildman–Crippen LogP) is 10.3. The van der Waals surface area contributed by atoms with E-state index in [4.69, 9.17) is 0 Å². The molecular weight excluding hydrogens is 470 g/mol. The first kappa shape index (κ1) is 26.3. The van der Waals surface area contributed by atoms with Gasteiger partial charge < -0.3 is 0 Å². The second-order valence-electron chi connectivity index (χ2n) is 12.9. The first-order valence-corrected chi connectivity index (χ1v) is 15.6. The third-order valence-corrected chi connectivity index (χ3v) is 10.1. The van der Waals surface area contributed by atoms with Gasteiger partial charge in [-0.3, -0.25) is 0 Å². The fourth-order valence-corrected chi connectivity index (χ4v) is 7.72. The van der Waals surface area contributed by atoms with Crippen molar-refractivity contribution in [3.8, 4) is 22.4 Å². The highest BCUT2D eigenvalue weighted by Gasteiger charge is 2.29. The Kier molecular flexibility index (Phi) is 7.61. The van der Waals surface area contributed by atoms with Gasteiger partial charge >= 0.3 is 0 Å². The van der Waals surface area contributed by atoms with E-state index in [1.807, 2.05) is 0 Å². The minimum atomic E-state index is 0.457. The van der Waals surface area contributed by atoms with Crippen molar-refractivity contribution in [2.45, 2.75) is 90.4 Å². The molecule has 0 amide bonds. The van der Waals surface area contributed by atoms with Crippen molar-refractivity contribution in [3.63, 3.8) is 0 Å². The van der Waals surface area contributed by atoms with Gasteiger partial charge in [-0.25, -0.2) is 4.57 Å². The normalized spacial score (nSPS) is 20.5. The zero-order chi connectivity index (χ0) is 26.9. The van der Waals surface area contributed by atoms with Crippen LogP contribution in [0.1, 0.15) is 100 Å². The highest BCUT2D eigenvalue weighted by Crippen LogP contribution is 2.43. The average Bonchev–Trinajstić information content (AvgIpc) is 2.97. The number of hydrogen-bond acceptors (Lipinski definition) is 0. The fourth-order valence-electron chi connectivity index (χ4n) is 7.72. The molecule has 0 spiro atoms. The molecule has 6 rings (SSSR count). The number of rotatable bonds is 5. The molecule has 0 saturated heterocycles. The Labute approximate surface area is 236 Å². The Morgan fingerprint density at radius 3 is 2.13 bits per heavy atom. The van der Waals surface area contributed by atoms with E-state index in [0.717, 1.165) is 17.8 Å². The molecule has 39 heavy (non-hydrogen) atoms. The van der Waals surface area contributed by atoms with Crippen LogP contribution in [-0.4, -0.2) is 0 Å². The Morgan fingerprint density at radius 2 is 1.38 bits per heavy atom. The van der Waals surface area contributed by atoms with E-state index in [2.05, 4.69) is 105 Å². The quantitative estimate of drug-likeness (QED) is 0.232. The maximum atomic E-state index is 2.50. The molecule has 0 unspecified atom stereocenters. The summed E-state index contributed by atoms with van der Waals surface area (Å²) < 4.78 is 2.30. The van der Waals surface area contributed by atoms with Crippen LogP contribution in [0, 0.1) is 18.8 Å². The molecule has 2 saturated carbocycles. The lowest BCUT2D eigenvalue weighted by atomic mass is 9.70. The van der Waals surface area contributed by atoms with Crippen LogP contribution in [0.3, 0.4) is 0 Å². The molecule has 1 heteroatoms. The van der Waals surface area contributed by atoms with Gasteiger partial charge in [0.1, 0.15) is 7.05 Å². The summed E-state index contributed by atoms with van der Waals surface area (Å²) in [7, 11) is 2.18. The van der Waals surface area contributed by atoms with Crippen LogP contribution in [0.25, 0.3) is 33.2 Å². The van der Waals surface area contributed by atoms with Gasteiger partial charge in [0.05, 0.1) is 0 Å². The topological polar surface area (TPSA) is 3.88 Å². The number of pyridine rings is 1. The van der Waals surface area contributed by atoms with Gasteiger partial charge in [-0.05, 0) is 101 Å². The number of nitrogens with zero attached hydrogens (tertiary/aromatic N) is 1. The lowest BCUT2D eigenvalue weighted by Gasteiger charge is -2.36. The molecule has 0 N–H and O–H groups in total. The molecule has 0 bridgehead atoms. The minimum absolute atomic E-state index is 0.457. The molecule has 1 aromatic heterocycles. The van der Waals surface area contributed by atoms with Crippen LogP contribution in [0.5, 0.6) is 0 Å². The van der Waals surface area contributed by atoms with Crippen molar-refractivity contribution in [1.82, 2.24) is 0 Å². The van der Waals surface area contributed by atoms with Crippen LogP contribution >= 0.6 is 0 Å². The summed E-state index contributed by atoms with van der Waals surface area (Å²) in [6.07, 6.45) is 15.4. The van der Waals surface area contributed by atoms with Crippen molar-refractivity contribution in [2.75, 3.05) is 0 Å². The summed E-state index contributed by atoms with van der Waals surface area (Å²) in [5.74, 6) is 3.22. The maximum absolute atomic E-state index is 2.50. The van der Waals surface area contributed by atoms with E-state index >= 15 is 0 Å². The Hall–Kier alpha value is -2.93.